The molecule has 1 amide bonds. The predicted octanol–water partition coefficient (Wildman–Crippen LogP) is 3.82. The summed E-state index contributed by atoms with van der Waals surface area (Å²) in [6.07, 6.45) is 3.72. The van der Waals surface area contributed by atoms with Crippen molar-refractivity contribution in [1.29, 1.82) is 5.26 Å². The molecule has 0 aliphatic carbocycles. The van der Waals surface area contributed by atoms with Gasteiger partial charge in [0.05, 0.1) is 28.7 Å². The Kier molecular flexibility index (Phi) is 6.06. The van der Waals surface area contributed by atoms with E-state index in [0.29, 0.717) is 54.7 Å². The molecule has 7 heteroatoms. The quantitative estimate of drug-likeness (QED) is 0.611. The number of amides is 1. The Hall–Kier alpha value is -3.17. The maximum absolute atomic E-state index is 12.9. The minimum Gasteiger partial charge on any atom is -0.343 e. The largest absolute Gasteiger partial charge is 0.343 e. The van der Waals surface area contributed by atoms with Crippen molar-refractivity contribution in [2.45, 2.75) is 32.2 Å². The Morgan fingerprint density at radius 1 is 1.16 bits per heavy atom. The minimum absolute atomic E-state index is 0.108. The van der Waals surface area contributed by atoms with Gasteiger partial charge in [-0.1, -0.05) is 41.9 Å². The summed E-state index contributed by atoms with van der Waals surface area (Å²) in [7, 11) is 0. The van der Waals surface area contributed by atoms with Gasteiger partial charge in [0.25, 0.3) is 5.56 Å². The highest BCUT2D eigenvalue weighted by Gasteiger charge is 2.36. The number of carbonyl (C=O) groups excluding carboxylic acids is 1. The van der Waals surface area contributed by atoms with E-state index in [1.807, 2.05) is 35.2 Å². The molecule has 6 nitrogen and oxygen atoms in total. The summed E-state index contributed by atoms with van der Waals surface area (Å²) in [5, 5.41) is 10.9. The van der Waals surface area contributed by atoms with Crippen molar-refractivity contribution in [1.82, 2.24) is 14.5 Å². The zero-order chi connectivity index (χ0) is 21.8. The fourth-order valence-electron chi connectivity index (χ4n) is 4.11. The summed E-state index contributed by atoms with van der Waals surface area (Å²) < 4.78 is 1.51. The minimum atomic E-state index is -0.693. The standard InChI is InChI=1S/C24H23ClN4O2/c25-19-7-8-20-21(14-19)27-17-29(23(20)31)16-24(15-26)10-12-28(13-11-24)22(30)9-6-18-4-2-1-3-5-18/h1-5,7-8,14,17H,6,9-13,16H2. The second-order valence-electron chi connectivity index (χ2n) is 8.10. The molecule has 0 N–H and O–H groups in total. The highest BCUT2D eigenvalue weighted by Crippen LogP contribution is 2.32. The second-order valence-corrected chi connectivity index (χ2v) is 8.53. The van der Waals surface area contributed by atoms with E-state index in [-0.39, 0.29) is 18.0 Å². The number of nitriles is 1. The molecule has 4 rings (SSSR count). The van der Waals surface area contributed by atoms with Crippen molar-refractivity contribution in [3.63, 3.8) is 0 Å². The van der Waals surface area contributed by atoms with Crippen LogP contribution in [0.1, 0.15) is 24.8 Å². The third-order valence-electron chi connectivity index (χ3n) is 6.04. The molecule has 0 unspecified atom stereocenters. The number of halogens is 1. The number of nitrogens with zero attached hydrogens (tertiary/aromatic N) is 4. The van der Waals surface area contributed by atoms with Crippen LogP contribution in [-0.4, -0.2) is 33.4 Å². The van der Waals surface area contributed by atoms with Gasteiger partial charge in [0.2, 0.25) is 5.91 Å². The first kappa shape index (κ1) is 21.1. The number of likely N-dealkylation sites (tertiary alicyclic amines) is 1. The lowest BCUT2D eigenvalue weighted by atomic mass is 9.79. The predicted molar refractivity (Wildman–Crippen MR) is 120 cm³/mol. The van der Waals surface area contributed by atoms with Crippen LogP contribution in [0.4, 0.5) is 0 Å². The van der Waals surface area contributed by atoms with Crippen molar-refractivity contribution in [2.75, 3.05) is 13.1 Å². The van der Waals surface area contributed by atoms with Crippen molar-refractivity contribution < 1.29 is 4.79 Å². The van der Waals surface area contributed by atoms with Crippen molar-refractivity contribution >= 4 is 28.4 Å². The maximum Gasteiger partial charge on any atom is 0.261 e. The summed E-state index contributed by atoms with van der Waals surface area (Å²) >= 11 is 5.98. The van der Waals surface area contributed by atoms with Gasteiger partial charge >= 0.3 is 0 Å². The number of hydrogen-bond donors (Lipinski definition) is 0. The average Bonchev–Trinajstić information content (AvgIpc) is 2.80. The van der Waals surface area contributed by atoms with Crippen molar-refractivity contribution in [3.05, 3.63) is 75.8 Å². The fourth-order valence-corrected chi connectivity index (χ4v) is 4.28. The zero-order valence-electron chi connectivity index (χ0n) is 17.1. The molecule has 2 aromatic carbocycles. The molecule has 1 fully saturated rings. The number of aryl methyl sites for hydroxylation is 1. The molecule has 0 radical (unpaired) electrons. The lowest BCUT2D eigenvalue weighted by Crippen LogP contribution is -2.45. The van der Waals surface area contributed by atoms with Crippen molar-refractivity contribution in [3.8, 4) is 6.07 Å². The monoisotopic (exact) mass is 434 g/mol. The topological polar surface area (TPSA) is 79.0 Å². The van der Waals surface area contributed by atoms with Crippen LogP contribution >= 0.6 is 11.6 Å². The number of rotatable bonds is 5. The number of benzene rings is 2. The van der Waals surface area contributed by atoms with E-state index >= 15 is 0 Å². The van der Waals surface area contributed by atoms with E-state index in [2.05, 4.69) is 11.1 Å². The van der Waals surface area contributed by atoms with E-state index in [0.717, 1.165) is 5.56 Å². The molecule has 1 aliphatic heterocycles. The number of fused-ring (bicyclic) bond motifs is 1. The molecule has 0 atom stereocenters. The van der Waals surface area contributed by atoms with Crippen LogP contribution in [0.15, 0.2) is 59.7 Å². The Bertz CT molecular complexity index is 1190. The summed E-state index contributed by atoms with van der Waals surface area (Å²) in [5.74, 6) is 0.108. The second kappa shape index (κ2) is 8.91. The fraction of sp³-hybridized carbons (Fsp3) is 0.333. The molecule has 2 heterocycles. The number of carbonyl (C=O) groups is 1. The van der Waals surface area contributed by atoms with Crippen LogP contribution in [0.2, 0.25) is 5.02 Å². The number of hydrogen-bond acceptors (Lipinski definition) is 4. The van der Waals surface area contributed by atoms with Gasteiger partial charge in [0, 0.05) is 31.1 Å². The summed E-state index contributed by atoms with van der Waals surface area (Å²) in [4.78, 5) is 31.7. The third kappa shape index (κ3) is 4.62. The average molecular weight is 435 g/mol. The summed E-state index contributed by atoms with van der Waals surface area (Å²) in [6.45, 7) is 1.30. The Morgan fingerprint density at radius 2 is 1.90 bits per heavy atom. The first-order chi connectivity index (χ1) is 15.0. The van der Waals surface area contributed by atoms with Crippen LogP contribution in [-0.2, 0) is 17.8 Å². The molecular formula is C24H23ClN4O2. The molecule has 0 spiro atoms. The lowest BCUT2D eigenvalue weighted by molar-refractivity contribution is -0.133. The Balaban J connectivity index is 1.42. The molecule has 1 saturated heterocycles. The van der Waals surface area contributed by atoms with Crippen LogP contribution in [0, 0.1) is 16.7 Å². The zero-order valence-corrected chi connectivity index (χ0v) is 17.9. The van der Waals surface area contributed by atoms with Gasteiger partial charge in [0.15, 0.2) is 0 Å². The van der Waals surface area contributed by atoms with E-state index < -0.39 is 5.41 Å². The first-order valence-electron chi connectivity index (χ1n) is 10.4. The smallest absolute Gasteiger partial charge is 0.261 e. The maximum atomic E-state index is 12.9. The van der Waals surface area contributed by atoms with Gasteiger partial charge < -0.3 is 4.90 Å². The molecule has 0 saturated carbocycles. The molecule has 0 bridgehead atoms. The van der Waals surface area contributed by atoms with Crippen LogP contribution in [0.5, 0.6) is 0 Å². The highest BCUT2D eigenvalue weighted by atomic mass is 35.5. The lowest BCUT2D eigenvalue weighted by Gasteiger charge is -2.37. The molecule has 31 heavy (non-hydrogen) atoms. The van der Waals surface area contributed by atoms with Crippen LogP contribution in [0.25, 0.3) is 10.9 Å². The van der Waals surface area contributed by atoms with E-state index in [1.54, 1.807) is 18.2 Å². The van der Waals surface area contributed by atoms with Gasteiger partial charge in [-0.25, -0.2) is 4.98 Å². The third-order valence-corrected chi connectivity index (χ3v) is 6.28. The molecule has 158 valence electrons. The molecular weight excluding hydrogens is 412 g/mol. The highest BCUT2D eigenvalue weighted by molar-refractivity contribution is 6.31. The van der Waals surface area contributed by atoms with Gasteiger partial charge in [-0.3, -0.25) is 14.2 Å². The van der Waals surface area contributed by atoms with Gasteiger partial charge in [-0.15, -0.1) is 0 Å². The van der Waals surface area contributed by atoms with Gasteiger partial charge in [-0.2, -0.15) is 5.26 Å². The normalized spacial score (nSPS) is 15.5. The van der Waals surface area contributed by atoms with Gasteiger partial charge in [-0.05, 0) is 43.0 Å². The van der Waals surface area contributed by atoms with E-state index in [1.165, 1.54) is 10.9 Å². The summed E-state index contributed by atoms with van der Waals surface area (Å²) in [6, 6.07) is 17.4. The number of aromatic nitrogens is 2. The molecule has 3 aromatic rings. The molecule has 1 aliphatic rings. The van der Waals surface area contributed by atoms with E-state index in [4.69, 9.17) is 11.6 Å². The van der Waals surface area contributed by atoms with Crippen LogP contribution in [0.3, 0.4) is 0 Å². The SMILES string of the molecule is N#CC1(Cn2cnc3cc(Cl)ccc3c2=O)CCN(C(=O)CCc2ccccc2)CC1. The summed E-state index contributed by atoms with van der Waals surface area (Å²) in [5.41, 5.74) is 0.807. The van der Waals surface area contributed by atoms with Crippen LogP contribution < -0.4 is 5.56 Å². The Labute approximate surface area is 185 Å². The first-order valence-corrected chi connectivity index (χ1v) is 10.8. The molecule has 1 aromatic heterocycles. The van der Waals surface area contributed by atoms with Crippen molar-refractivity contribution in [2.24, 2.45) is 5.41 Å². The number of piperidine rings is 1. The Morgan fingerprint density at radius 3 is 2.61 bits per heavy atom. The van der Waals surface area contributed by atoms with E-state index in [9.17, 15) is 14.9 Å². The van der Waals surface area contributed by atoms with Gasteiger partial charge in [0.1, 0.15) is 0 Å².